The summed E-state index contributed by atoms with van der Waals surface area (Å²) in [6, 6.07) is 35.6. The Labute approximate surface area is 185 Å². The van der Waals surface area contributed by atoms with Crippen LogP contribution in [0.5, 0.6) is 0 Å². The van der Waals surface area contributed by atoms with E-state index in [-0.39, 0.29) is 0 Å². The van der Waals surface area contributed by atoms with Gasteiger partial charge in [0.25, 0.3) is 0 Å². The van der Waals surface area contributed by atoms with Crippen LogP contribution in [0.2, 0.25) is 0 Å². The van der Waals surface area contributed by atoms with E-state index in [1.165, 1.54) is 38.8 Å². The maximum absolute atomic E-state index is 2.40. The molecule has 1 heterocycles. The highest BCUT2D eigenvalue weighted by molar-refractivity contribution is 6.02. The summed E-state index contributed by atoms with van der Waals surface area (Å²) in [5.41, 5.74) is 8.74. The highest BCUT2D eigenvalue weighted by Gasteiger charge is 2.44. The average molecular weight is 405 g/mol. The van der Waals surface area contributed by atoms with Crippen LogP contribution < -0.4 is 4.48 Å². The van der Waals surface area contributed by atoms with Gasteiger partial charge in [-0.3, -0.25) is 4.48 Å². The van der Waals surface area contributed by atoms with Crippen molar-refractivity contribution in [2.45, 2.75) is 39.8 Å². The van der Waals surface area contributed by atoms with Crippen LogP contribution in [0.25, 0.3) is 16.3 Å². The van der Waals surface area contributed by atoms with Crippen molar-refractivity contribution >= 4 is 22.0 Å². The SMILES string of the molecule is CCCC1=C(C)[N+](Cc2ccccc2)(Cc2ccccc2)c2ccc3ccccc3c21. The van der Waals surface area contributed by atoms with Gasteiger partial charge in [0.1, 0.15) is 24.5 Å². The number of nitrogens with zero attached hydrogens (tertiary/aromatic N) is 1. The van der Waals surface area contributed by atoms with E-state index in [1.54, 1.807) is 5.57 Å². The number of rotatable bonds is 6. The number of benzene rings is 4. The first kappa shape index (κ1) is 19.8. The van der Waals surface area contributed by atoms with E-state index in [9.17, 15) is 0 Å². The summed E-state index contributed by atoms with van der Waals surface area (Å²) in [5.74, 6) is 0. The molecule has 0 aromatic heterocycles. The number of quaternary nitrogens is 1. The maximum Gasteiger partial charge on any atom is 0.146 e. The highest BCUT2D eigenvalue weighted by Crippen LogP contribution is 2.51. The van der Waals surface area contributed by atoms with E-state index in [1.807, 2.05) is 0 Å². The normalized spacial score (nSPS) is 14.8. The summed E-state index contributed by atoms with van der Waals surface area (Å²) >= 11 is 0. The van der Waals surface area contributed by atoms with Gasteiger partial charge >= 0.3 is 0 Å². The third-order valence-corrected chi connectivity index (χ3v) is 6.84. The van der Waals surface area contributed by atoms with Crippen molar-refractivity contribution in [2.75, 3.05) is 0 Å². The Kier molecular flexibility index (Phi) is 5.21. The van der Waals surface area contributed by atoms with Gasteiger partial charge in [0.15, 0.2) is 0 Å². The summed E-state index contributed by atoms with van der Waals surface area (Å²) in [4.78, 5) is 0. The number of hydrogen-bond acceptors (Lipinski definition) is 0. The van der Waals surface area contributed by atoms with Gasteiger partial charge in [-0.1, -0.05) is 98.3 Å². The van der Waals surface area contributed by atoms with Crippen molar-refractivity contribution in [3.63, 3.8) is 0 Å². The molecule has 0 spiro atoms. The Morgan fingerprint density at radius 3 is 1.84 bits per heavy atom. The summed E-state index contributed by atoms with van der Waals surface area (Å²) < 4.78 is 0.878. The Balaban J connectivity index is 1.78. The van der Waals surface area contributed by atoms with E-state index < -0.39 is 0 Å². The molecule has 0 aliphatic carbocycles. The van der Waals surface area contributed by atoms with Crippen LogP contribution in [0.15, 0.2) is 103 Å². The Bertz CT molecular complexity index is 1190. The molecule has 0 N–H and O–H groups in total. The van der Waals surface area contributed by atoms with Crippen LogP contribution in [0.1, 0.15) is 43.4 Å². The molecule has 31 heavy (non-hydrogen) atoms. The summed E-state index contributed by atoms with van der Waals surface area (Å²) in [6.45, 7) is 6.62. The monoisotopic (exact) mass is 404 g/mol. The lowest BCUT2D eigenvalue weighted by molar-refractivity contribution is 0.332. The van der Waals surface area contributed by atoms with Crippen LogP contribution >= 0.6 is 0 Å². The van der Waals surface area contributed by atoms with Gasteiger partial charge in [-0.2, -0.15) is 0 Å². The lowest BCUT2D eigenvalue weighted by Crippen LogP contribution is -2.44. The zero-order valence-electron chi connectivity index (χ0n) is 18.5. The summed E-state index contributed by atoms with van der Waals surface area (Å²) in [7, 11) is 0. The van der Waals surface area contributed by atoms with Gasteiger partial charge < -0.3 is 0 Å². The molecule has 0 saturated carbocycles. The molecule has 1 nitrogen and oxygen atoms in total. The minimum Gasteiger partial charge on any atom is -0.254 e. The van der Waals surface area contributed by atoms with E-state index >= 15 is 0 Å². The molecule has 4 aromatic rings. The highest BCUT2D eigenvalue weighted by atomic mass is 15.4. The van der Waals surface area contributed by atoms with E-state index in [4.69, 9.17) is 0 Å². The summed E-state index contributed by atoms with van der Waals surface area (Å²) in [6.07, 6.45) is 2.28. The second-order valence-electron chi connectivity index (χ2n) is 8.75. The Morgan fingerprint density at radius 2 is 1.23 bits per heavy atom. The van der Waals surface area contributed by atoms with Crippen LogP contribution in [0.3, 0.4) is 0 Å². The smallest absolute Gasteiger partial charge is 0.146 e. The van der Waals surface area contributed by atoms with Crippen molar-refractivity contribution in [1.82, 2.24) is 4.48 Å². The largest absolute Gasteiger partial charge is 0.254 e. The molecular weight excluding hydrogens is 374 g/mol. The zero-order chi connectivity index (χ0) is 21.3. The molecule has 0 amide bonds. The Morgan fingerprint density at radius 1 is 0.645 bits per heavy atom. The van der Waals surface area contributed by atoms with E-state index in [2.05, 4.69) is 111 Å². The first-order valence-electron chi connectivity index (χ1n) is 11.4. The van der Waals surface area contributed by atoms with Crippen LogP contribution in [-0.4, -0.2) is 0 Å². The quantitative estimate of drug-likeness (QED) is 0.285. The van der Waals surface area contributed by atoms with Crippen molar-refractivity contribution in [2.24, 2.45) is 0 Å². The third kappa shape index (κ3) is 3.40. The third-order valence-electron chi connectivity index (χ3n) is 6.84. The Hall–Kier alpha value is -3.16. The van der Waals surface area contributed by atoms with E-state index in [0.717, 1.165) is 30.4 Å². The zero-order valence-corrected chi connectivity index (χ0v) is 18.5. The minimum atomic E-state index is 0.878. The first-order valence-corrected chi connectivity index (χ1v) is 11.4. The maximum atomic E-state index is 2.40. The van der Waals surface area contributed by atoms with Crippen LogP contribution in [-0.2, 0) is 13.1 Å². The number of fused-ring (bicyclic) bond motifs is 3. The molecule has 0 fully saturated rings. The molecule has 154 valence electrons. The van der Waals surface area contributed by atoms with Gasteiger partial charge in [-0.05, 0) is 23.3 Å². The molecule has 1 aliphatic heterocycles. The predicted molar refractivity (Wildman–Crippen MR) is 134 cm³/mol. The molecule has 1 heteroatoms. The predicted octanol–water partition coefficient (Wildman–Crippen LogP) is 8.09. The number of hydrogen-bond donors (Lipinski definition) is 0. The molecule has 0 unspecified atom stereocenters. The standard InChI is InChI=1S/C30H30N/c1-3-12-27-23(2)31(21-24-13-6-4-7-14-24,22-25-15-8-5-9-16-25)29-20-19-26-17-10-11-18-28(26)30(27)29/h4-11,13-20H,3,12,21-22H2,1-2H3/q+1. The van der Waals surface area contributed by atoms with Crippen molar-refractivity contribution in [3.8, 4) is 0 Å². The topological polar surface area (TPSA) is 0 Å². The molecular formula is C30H30N+. The van der Waals surface area contributed by atoms with Gasteiger partial charge in [0, 0.05) is 29.7 Å². The average Bonchev–Trinajstić information content (AvgIpc) is 3.03. The molecule has 0 bridgehead atoms. The second kappa shape index (κ2) is 8.17. The van der Waals surface area contributed by atoms with E-state index in [0.29, 0.717) is 0 Å². The lowest BCUT2D eigenvalue weighted by Gasteiger charge is -2.36. The van der Waals surface area contributed by atoms with Gasteiger partial charge in [-0.15, -0.1) is 0 Å². The molecule has 1 aliphatic rings. The number of allylic oxidation sites excluding steroid dienone is 2. The summed E-state index contributed by atoms with van der Waals surface area (Å²) in [5, 5.41) is 2.73. The fourth-order valence-corrected chi connectivity index (χ4v) is 5.36. The first-order chi connectivity index (χ1) is 15.2. The molecule has 4 aromatic carbocycles. The van der Waals surface area contributed by atoms with Crippen LogP contribution in [0, 0.1) is 0 Å². The van der Waals surface area contributed by atoms with Gasteiger partial charge in [0.2, 0.25) is 0 Å². The molecule has 5 rings (SSSR count). The van der Waals surface area contributed by atoms with Crippen molar-refractivity contribution < 1.29 is 0 Å². The van der Waals surface area contributed by atoms with Gasteiger partial charge in [-0.25, -0.2) is 0 Å². The molecule has 0 atom stereocenters. The fraction of sp³-hybridized carbons (Fsp3) is 0.200. The molecule has 0 radical (unpaired) electrons. The fourth-order valence-electron chi connectivity index (χ4n) is 5.36. The van der Waals surface area contributed by atoms with Crippen LogP contribution in [0.4, 0.5) is 5.69 Å². The lowest BCUT2D eigenvalue weighted by atomic mass is 9.95. The molecule has 0 saturated heterocycles. The van der Waals surface area contributed by atoms with Crippen molar-refractivity contribution in [3.05, 3.63) is 119 Å². The second-order valence-corrected chi connectivity index (χ2v) is 8.75. The minimum absolute atomic E-state index is 0.878. The van der Waals surface area contributed by atoms with Gasteiger partial charge in [0.05, 0.1) is 5.56 Å². The van der Waals surface area contributed by atoms with Crippen molar-refractivity contribution in [1.29, 1.82) is 0 Å².